The van der Waals surface area contributed by atoms with E-state index in [9.17, 15) is 9.59 Å². The van der Waals surface area contributed by atoms with E-state index in [1.165, 1.54) is 38.8 Å². The van der Waals surface area contributed by atoms with Crippen molar-refractivity contribution < 1.29 is 46.1 Å². The molecule has 0 spiro atoms. The second-order valence-corrected chi connectivity index (χ2v) is 11.0. The van der Waals surface area contributed by atoms with E-state index in [0.717, 1.165) is 9.80 Å². The van der Waals surface area contributed by atoms with Crippen LogP contribution in [0, 0.1) is 0 Å². The number of carbonyl (C=O) groups excluding carboxylic acids is 2. The van der Waals surface area contributed by atoms with Gasteiger partial charge in [-0.15, -0.1) is 0 Å². The van der Waals surface area contributed by atoms with E-state index in [2.05, 4.69) is 9.98 Å². The summed E-state index contributed by atoms with van der Waals surface area (Å²) >= 11 is 0. The Hall–Kier alpha value is -4.04. The fourth-order valence-corrected chi connectivity index (χ4v) is 5.94. The van der Waals surface area contributed by atoms with Gasteiger partial charge in [0.05, 0.1) is 61.9 Å². The summed E-state index contributed by atoms with van der Waals surface area (Å²) < 4.78 is 81.5. The minimum absolute atomic E-state index is 0.121. The number of alkyl halides is 4. The van der Waals surface area contributed by atoms with Crippen molar-refractivity contribution in [1.82, 2.24) is 9.80 Å². The number of ether oxygens (including phenoxy) is 4. The molecular weight excluding hydrogens is 588 g/mol. The van der Waals surface area contributed by atoms with Crippen LogP contribution in [0.5, 0.6) is 11.5 Å². The summed E-state index contributed by atoms with van der Waals surface area (Å²) in [5.41, 5.74) is 0.998. The summed E-state index contributed by atoms with van der Waals surface area (Å²) in [6, 6.07) is 7.16. The summed E-state index contributed by atoms with van der Waals surface area (Å²) in [5.74, 6) is -7.06. The zero-order valence-electron chi connectivity index (χ0n) is 23.9. The quantitative estimate of drug-likeness (QED) is 0.307. The maximum Gasteiger partial charge on any atom is 0.293 e. The Balaban J connectivity index is 1.04. The van der Waals surface area contributed by atoms with E-state index in [-0.39, 0.29) is 37.2 Å². The molecule has 10 nitrogen and oxygen atoms in total. The molecule has 4 aliphatic rings. The average Bonchev–Trinajstić information content (AvgIpc) is 3.31. The van der Waals surface area contributed by atoms with Crippen molar-refractivity contribution in [2.45, 2.75) is 49.0 Å². The molecule has 4 atom stereocenters. The van der Waals surface area contributed by atoms with Crippen molar-refractivity contribution >= 4 is 35.6 Å². The van der Waals surface area contributed by atoms with Crippen LogP contribution in [0.2, 0.25) is 0 Å². The highest BCUT2D eigenvalue weighted by molar-refractivity contribution is 6.04. The molecule has 14 heteroatoms. The van der Waals surface area contributed by atoms with Crippen LogP contribution in [0.4, 0.5) is 28.9 Å². The molecular formula is C30H30F4N4O6. The molecule has 0 radical (unpaired) electrons. The number of hydrogen-bond donors (Lipinski definition) is 0. The molecule has 2 aromatic carbocycles. The van der Waals surface area contributed by atoms with Gasteiger partial charge in [-0.25, -0.2) is 17.6 Å². The van der Waals surface area contributed by atoms with Gasteiger partial charge in [-0.3, -0.25) is 19.6 Å². The number of benzene rings is 2. The third-order valence-corrected chi connectivity index (χ3v) is 8.19. The third-order valence-electron chi connectivity index (χ3n) is 8.19. The molecule has 0 aliphatic carbocycles. The van der Waals surface area contributed by atoms with Crippen molar-refractivity contribution in [3.8, 4) is 11.5 Å². The minimum atomic E-state index is -3.33. The van der Waals surface area contributed by atoms with E-state index < -0.39 is 61.0 Å². The molecule has 2 saturated heterocycles. The summed E-state index contributed by atoms with van der Waals surface area (Å²) in [6.45, 7) is -1.91. The van der Waals surface area contributed by atoms with Gasteiger partial charge in [0.15, 0.2) is 0 Å². The standard InChI is InChI=1S/C30H30F4N4O6/c1-41-17-5-7-21-19(11-17)27(39)37-15-29(31,32)25(23(37)13-35-21)43-9-3-4-10-44-26-24-14-36-22-8-6-18(42-2)12-20(22)28(40)38(24)16-30(26,33)34/h5-8,11-14,23-26H,3-4,9-10,15-16H2,1-2H3/t23-,24-,25?,26?/m0/s1. The largest absolute Gasteiger partial charge is 0.497 e. The lowest BCUT2D eigenvalue weighted by Crippen LogP contribution is -2.43. The lowest BCUT2D eigenvalue weighted by Gasteiger charge is -2.24. The fraction of sp³-hybridized carbons (Fsp3) is 0.467. The first-order valence-corrected chi connectivity index (χ1v) is 14.1. The lowest BCUT2D eigenvalue weighted by molar-refractivity contribution is -0.117. The Morgan fingerprint density at radius 1 is 0.727 bits per heavy atom. The van der Waals surface area contributed by atoms with Gasteiger partial charge in [0, 0.05) is 25.6 Å². The Labute approximate surface area is 250 Å². The first-order valence-electron chi connectivity index (χ1n) is 14.1. The Kier molecular flexibility index (Phi) is 7.82. The van der Waals surface area contributed by atoms with Crippen molar-refractivity contribution in [3.05, 3.63) is 47.5 Å². The van der Waals surface area contributed by atoms with Gasteiger partial charge in [-0.2, -0.15) is 0 Å². The van der Waals surface area contributed by atoms with Crippen LogP contribution in [-0.2, 0) is 9.47 Å². The Bertz CT molecular complexity index is 1410. The monoisotopic (exact) mass is 618 g/mol. The van der Waals surface area contributed by atoms with Gasteiger partial charge in [0.1, 0.15) is 23.7 Å². The maximum absolute atomic E-state index is 15.0. The molecule has 44 heavy (non-hydrogen) atoms. The number of fused-ring (bicyclic) bond motifs is 4. The smallest absolute Gasteiger partial charge is 0.293 e. The Morgan fingerprint density at radius 3 is 1.52 bits per heavy atom. The highest BCUT2D eigenvalue weighted by atomic mass is 19.3. The van der Waals surface area contributed by atoms with E-state index >= 15 is 17.6 Å². The van der Waals surface area contributed by atoms with Gasteiger partial charge in [-0.05, 0) is 49.2 Å². The number of methoxy groups -OCH3 is 2. The predicted octanol–water partition coefficient (Wildman–Crippen LogP) is 4.31. The second-order valence-electron chi connectivity index (χ2n) is 11.0. The average molecular weight is 619 g/mol. The van der Waals surface area contributed by atoms with Crippen LogP contribution in [0.3, 0.4) is 0 Å². The lowest BCUT2D eigenvalue weighted by atomic mass is 10.1. The van der Waals surface area contributed by atoms with Crippen molar-refractivity contribution in [3.63, 3.8) is 0 Å². The van der Waals surface area contributed by atoms with Gasteiger partial charge in [0.25, 0.3) is 23.7 Å². The first kappa shape index (κ1) is 30.0. The number of unbranched alkanes of at least 4 members (excludes halogenated alkanes) is 1. The van der Waals surface area contributed by atoms with Crippen LogP contribution in [0.25, 0.3) is 0 Å². The molecule has 0 aromatic heterocycles. The number of aliphatic imine (C=N–C) groups is 2. The van der Waals surface area contributed by atoms with E-state index in [0.29, 0.717) is 22.9 Å². The summed E-state index contributed by atoms with van der Waals surface area (Å²) in [4.78, 5) is 36.9. The molecule has 4 aliphatic heterocycles. The van der Waals surface area contributed by atoms with E-state index in [1.807, 2.05) is 0 Å². The summed E-state index contributed by atoms with van der Waals surface area (Å²) in [5, 5.41) is 0. The SMILES string of the molecule is COc1ccc2c(c1)C(=O)N1CC(F)(F)C(OCCCCOC3[C@@H]4C=Nc5ccc(OC)cc5C(=O)N4CC3(F)F)[C@@H]1C=N2. The fourth-order valence-electron chi connectivity index (χ4n) is 5.94. The number of halogens is 4. The highest BCUT2D eigenvalue weighted by Crippen LogP contribution is 2.40. The molecule has 0 N–H and O–H groups in total. The predicted molar refractivity (Wildman–Crippen MR) is 151 cm³/mol. The number of carbonyl (C=O) groups is 2. The van der Waals surface area contributed by atoms with Crippen LogP contribution in [0.15, 0.2) is 46.4 Å². The normalized spacial score (nSPS) is 26.0. The number of rotatable bonds is 9. The van der Waals surface area contributed by atoms with Crippen LogP contribution >= 0.6 is 0 Å². The van der Waals surface area contributed by atoms with Gasteiger partial charge in [0.2, 0.25) is 0 Å². The molecule has 2 unspecified atom stereocenters. The van der Waals surface area contributed by atoms with Crippen LogP contribution < -0.4 is 9.47 Å². The first-order chi connectivity index (χ1) is 21.0. The Morgan fingerprint density at radius 2 is 1.14 bits per heavy atom. The molecule has 2 fully saturated rings. The second kappa shape index (κ2) is 11.5. The van der Waals surface area contributed by atoms with E-state index in [4.69, 9.17) is 18.9 Å². The molecule has 2 amide bonds. The molecule has 0 saturated carbocycles. The molecule has 234 valence electrons. The number of amides is 2. The molecule has 0 bridgehead atoms. The molecule has 4 heterocycles. The van der Waals surface area contributed by atoms with Crippen molar-refractivity contribution in [1.29, 1.82) is 0 Å². The van der Waals surface area contributed by atoms with Crippen LogP contribution in [0.1, 0.15) is 33.6 Å². The molecule has 2 aromatic rings. The van der Waals surface area contributed by atoms with E-state index in [1.54, 1.807) is 24.3 Å². The highest BCUT2D eigenvalue weighted by Gasteiger charge is 2.58. The third kappa shape index (κ3) is 5.30. The topological polar surface area (TPSA) is 102 Å². The van der Waals surface area contributed by atoms with Crippen LogP contribution in [-0.4, -0.2) is 111 Å². The zero-order chi connectivity index (χ0) is 31.2. The maximum atomic E-state index is 15.0. The van der Waals surface area contributed by atoms with Crippen molar-refractivity contribution in [2.75, 3.05) is 40.5 Å². The number of nitrogens with zero attached hydrogens (tertiary/aromatic N) is 4. The number of hydrogen-bond acceptors (Lipinski definition) is 8. The minimum Gasteiger partial charge on any atom is -0.497 e. The zero-order valence-corrected chi connectivity index (χ0v) is 23.9. The van der Waals surface area contributed by atoms with Gasteiger partial charge >= 0.3 is 0 Å². The molecule has 6 rings (SSSR count). The van der Waals surface area contributed by atoms with Gasteiger partial charge < -0.3 is 28.7 Å². The van der Waals surface area contributed by atoms with Gasteiger partial charge in [-0.1, -0.05) is 0 Å². The van der Waals surface area contributed by atoms with Crippen molar-refractivity contribution in [2.24, 2.45) is 9.98 Å². The summed E-state index contributed by atoms with van der Waals surface area (Å²) in [7, 11) is 2.87. The summed E-state index contributed by atoms with van der Waals surface area (Å²) in [6.07, 6.45) is -0.215.